The molecule has 2 nitrogen and oxygen atoms in total. The summed E-state index contributed by atoms with van der Waals surface area (Å²) in [6.45, 7) is 0. The van der Waals surface area contributed by atoms with Gasteiger partial charge in [0.15, 0.2) is 0 Å². The van der Waals surface area contributed by atoms with Crippen LogP contribution >= 0.6 is 0 Å². The van der Waals surface area contributed by atoms with Crippen LogP contribution < -0.4 is 4.90 Å². The van der Waals surface area contributed by atoms with E-state index in [-0.39, 0.29) is 0 Å². The predicted molar refractivity (Wildman–Crippen MR) is 43.6 cm³/mol. The van der Waals surface area contributed by atoms with E-state index in [1.165, 1.54) is 6.07 Å². The lowest BCUT2D eigenvalue weighted by Crippen LogP contribution is -2.12. The van der Waals surface area contributed by atoms with E-state index in [0.717, 1.165) is 12.3 Å². The van der Waals surface area contributed by atoms with Crippen molar-refractivity contribution in [3.63, 3.8) is 0 Å². The molecule has 0 aliphatic carbocycles. The Morgan fingerprint density at radius 3 is 2.15 bits per heavy atom. The fraction of sp³-hybridized carbons (Fsp3) is 0.375. The molecule has 0 unspecified atom stereocenters. The Hall–Kier alpha value is -1.26. The summed E-state index contributed by atoms with van der Waals surface area (Å²) < 4.78 is 36.2. The molecule has 5 heteroatoms. The number of anilines is 1. The van der Waals surface area contributed by atoms with Crippen LogP contribution in [0.3, 0.4) is 0 Å². The first-order valence-electron chi connectivity index (χ1n) is 3.62. The predicted octanol–water partition coefficient (Wildman–Crippen LogP) is 2.17. The molecular formula is C8H9F3N2. The zero-order valence-corrected chi connectivity index (χ0v) is 7.26. The number of nitrogens with zero attached hydrogens (tertiary/aromatic N) is 2. The molecule has 0 N–H and O–H groups in total. The highest BCUT2D eigenvalue weighted by Crippen LogP contribution is 2.28. The van der Waals surface area contributed by atoms with Gasteiger partial charge >= 0.3 is 6.18 Å². The Kier molecular flexibility index (Phi) is 2.45. The first-order chi connectivity index (χ1) is 5.91. The molecular weight excluding hydrogens is 181 g/mol. The Morgan fingerprint density at radius 1 is 1.23 bits per heavy atom. The summed E-state index contributed by atoms with van der Waals surface area (Å²) >= 11 is 0. The zero-order valence-electron chi connectivity index (χ0n) is 7.26. The van der Waals surface area contributed by atoms with Gasteiger partial charge in [-0.15, -0.1) is 0 Å². The lowest BCUT2D eigenvalue weighted by Gasteiger charge is -2.12. The van der Waals surface area contributed by atoms with Gasteiger partial charge in [-0.1, -0.05) is 0 Å². The highest BCUT2D eigenvalue weighted by atomic mass is 19.4. The molecule has 0 aliphatic heterocycles. The summed E-state index contributed by atoms with van der Waals surface area (Å²) in [4.78, 5) is 5.29. The van der Waals surface area contributed by atoms with Gasteiger partial charge in [0, 0.05) is 20.3 Å². The fourth-order valence-electron chi connectivity index (χ4n) is 0.818. The molecule has 1 aromatic rings. The fourth-order valence-corrected chi connectivity index (χ4v) is 0.818. The van der Waals surface area contributed by atoms with Crippen LogP contribution in [0.5, 0.6) is 0 Å². The van der Waals surface area contributed by atoms with Crippen molar-refractivity contribution in [2.75, 3.05) is 19.0 Å². The molecule has 1 rings (SSSR count). The average Bonchev–Trinajstić information content (AvgIpc) is 2.03. The monoisotopic (exact) mass is 190 g/mol. The number of hydrogen-bond acceptors (Lipinski definition) is 2. The lowest BCUT2D eigenvalue weighted by molar-refractivity contribution is -0.137. The van der Waals surface area contributed by atoms with E-state index in [4.69, 9.17) is 0 Å². The quantitative estimate of drug-likeness (QED) is 0.674. The number of rotatable bonds is 1. The van der Waals surface area contributed by atoms with E-state index in [2.05, 4.69) is 4.98 Å². The van der Waals surface area contributed by atoms with Crippen LogP contribution in [0.25, 0.3) is 0 Å². The summed E-state index contributed by atoms with van der Waals surface area (Å²) in [7, 11) is 3.44. The number of alkyl halides is 3. The third-order valence-corrected chi connectivity index (χ3v) is 1.53. The van der Waals surface area contributed by atoms with Gasteiger partial charge in [0.25, 0.3) is 0 Å². The maximum Gasteiger partial charge on any atom is 0.417 e. The molecule has 0 atom stereocenters. The normalized spacial score (nSPS) is 11.5. The smallest absolute Gasteiger partial charge is 0.363 e. The second-order valence-corrected chi connectivity index (χ2v) is 2.80. The van der Waals surface area contributed by atoms with Crippen molar-refractivity contribution in [2.24, 2.45) is 0 Å². The Morgan fingerprint density at radius 2 is 1.85 bits per heavy atom. The van der Waals surface area contributed by atoms with Gasteiger partial charge < -0.3 is 4.90 Å². The minimum absolute atomic E-state index is 0.507. The maximum atomic E-state index is 12.1. The summed E-state index contributed by atoms with van der Waals surface area (Å²) in [6.07, 6.45) is -3.48. The van der Waals surface area contributed by atoms with Gasteiger partial charge in [-0.2, -0.15) is 13.2 Å². The molecule has 0 spiro atoms. The minimum atomic E-state index is -4.31. The van der Waals surface area contributed by atoms with Crippen LogP contribution in [0.15, 0.2) is 18.3 Å². The van der Waals surface area contributed by atoms with Crippen molar-refractivity contribution in [2.45, 2.75) is 6.18 Å². The van der Waals surface area contributed by atoms with Gasteiger partial charge in [0.1, 0.15) is 5.82 Å². The van der Waals surface area contributed by atoms with Crippen LogP contribution in [0, 0.1) is 0 Å². The zero-order chi connectivity index (χ0) is 10.1. The lowest BCUT2D eigenvalue weighted by atomic mass is 10.3. The van der Waals surface area contributed by atoms with Crippen molar-refractivity contribution in [1.29, 1.82) is 0 Å². The van der Waals surface area contributed by atoms with Crippen molar-refractivity contribution in [3.8, 4) is 0 Å². The highest BCUT2D eigenvalue weighted by molar-refractivity contribution is 5.37. The maximum absolute atomic E-state index is 12.1. The van der Waals surface area contributed by atoms with Gasteiger partial charge in [0.2, 0.25) is 0 Å². The molecule has 0 saturated heterocycles. The van der Waals surface area contributed by atoms with Gasteiger partial charge in [0.05, 0.1) is 5.56 Å². The van der Waals surface area contributed by atoms with Crippen LogP contribution in [-0.2, 0) is 6.18 Å². The third kappa shape index (κ3) is 2.34. The molecule has 0 radical (unpaired) electrons. The van der Waals surface area contributed by atoms with E-state index in [9.17, 15) is 13.2 Å². The van der Waals surface area contributed by atoms with Crippen LogP contribution in [0.1, 0.15) is 5.56 Å². The molecule has 1 heterocycles. The molecule has 0 aliphatic rings. The Balaban J connectivity index is 2.94. The highest BCUT2D eigenvalue weighted by Gasteiger charge is 2.30. The number of halogens is 3. The standard InChI is InChI=1S/C8H9F3N2/c1-13(2)7-4-3-6(5-12-7)8(9,10)11/h3-5H,1-2H3. The Bertz CT molecular complexity index is 276. The molecule has 13 heavy (non-hydrogen) atoms. The molecule has 1 aromatic heterocycles. The summed E-state index contributed by atoms with van der Waals surface area (Å²) in [5, 5.41) is 0. The number of hydrogen-bond donors (Lipinski definition) is 0. The van der Waals surface area contributed by atoms with E-state index in [0.29, 0.717) is 5.82 Å². The van der Waals surface area contributed by atoms with Crippen LogP contribution in [-0.4, -0.2) is 19.1 Å². The van der Waals surface area contributed by atoms with Gasteiger partial charge in [-0.05, 0) is 12.1 Å². The SMILES string of the molecule is CN(C)c1ccc(C(F)(F)F)cn1. The number of aromatic nitrogens is 1. The first kappa shape index (κ1) is 9.83. The topological polar surface area (TPSA) is 16.1 Å². The summed E-state index contributed by atoms with van der Waals surface area (Å²) in [6, 6.07) is 2.35. The molecule has 0 aromatic carbocycles. The molecule has 0 saturated carbocycles. The minimum Gasteiger partial charge on any atom is -0.363 e. The number of pyridine rings is 1. The van der Waals surface area contributed by atoms with Crippen molar-refractivity contribution < 1.29 is 13.2 Å². The first-order valence-corrected chi connectivity index (χ1v) is 3.62. The summed E-state index contributed by atoms with van der Waals surface area (Å²) in [5.41, 5.74) is -0.724. The molecule has 0 amide bonds. The van der Waals surface area contributed by atoms with Crippen molar-refractivity contribution in [3.05, 3.63) is 23.9 Å². The Labute approximate surface area is 74.0 Å². The molecule has 72 valence electrons. The van der Waals surface area contributed by atoms with Crippen molar-refractivity contribution in [1.82, 2.24) is 4.98 Å². The van der Waals surface area contributed by atoms with E-state index in [1.807, 2.05) is 0 Å². The van der Waals surface area contributed by atoms with Crippen LogP contribution in [0.2, 0.25) is 0 Å². The average molecular weight is 190 g/mol. The second kappa shape index (κ2) is 3.24. The molecule has 0 bridgehead atoms. The third-order valence-electron chi connectivity index (χ3n) is 1.53. The second-order valence-electron chi connectivity index (χ2n) is 2.80. The molecule has 0 fully saturated rings. The van der Waals surface area contributed by atoms with Gasteiger partial charge in [-0.25, -0.2) is 4.98 Å². The van der Waals surface area contributed by atoms with Gasteiger partial charge in [-0.3, -0.25) is 0 Å². The largest absolute Gasteiger partial charge is 0.417 e. The van der Waals surface area contributed by atoms with Crippen LogP contribution in [0.4, 0.5) is 19.0 Å². The summed E-state index contributed by atoms with van der Waals surface area (Å²) in [5.74, 6) is 0.507. The van der Waals surface area contributed by atoms with E-state index in [1.54, 1.807) is 19.0 Å². The van der Waals surface area contributed by atoms with E-state index >= 15 is 0 Å². The van der Waals surface area contributed by atoms with Crippen molar-refractivity contribution >= 4 is 5.82 Å². The van der Waals surface area contributed by atoms with E-state index < -0.39 is 11.7 Å².